The maximum absolute atomic E-state index is 9.28. The van der Waals surface area contributed by atoms with Crippen LogP contribution in [0, 0.1) is 0 Å². The third kappa shape index (κ3) is 22.9. The second kappa shape index (κ2) is 12.8. The molecule has 0 aromatic rings. The van der Waals surface area contributed by atoms with Gasteiger partial charge in [-0.15, -0.1) is 0 Å². The van der Waals surface area contributed by atoms with Crippen LogP contribution < -0.4 is 80.5 Å². The van der Waals surface area contributed by atoms with E-state index < -0.39 is 18.4 Å². The number of rotatable bonds is 2. The molecule has 0 radical (unpaired) electrons. The summed E-state index contributed by atoms with van der Waals surface area (Å²) in [5.74, 6) is -3.25. The molecule has 0 saturated heterocycles. The normalized spacial score (nSPS) is 5.60. The van der Waals surface area contributed by atoms with Crippen molar-refractivity contribution in [2.45, 2.75) is 6.42 Å². The Hall–Kier alpha value is 1.13. The molecule has 10 heavy (non-hydrogen) atoms. The summed E-state index contributed by atoms with van der Waals surface area (Å²) in [6.07, 6.45) is -1.03. The van der Waals surface area contributed by atoms with Crippen molar-refractivity contribution in [3.05, 3.63) is 0 Å². The van der Waals surface area contributed by atoms with E-state index in [4.69, 9.17) is 0 Å². The van der Waals surface area contributed by atoms with Crippen molar-refractivity contribution in [2.24, 2.45) is 0 Å². The van der Waals surface area contributed by atoms with Crippen molar-refractivity contribution in [1.82, 2.24) is 0 Å². The zero-order valence-corrected chi connectivity index (χ0v) is 8.96. The van der Waals surface area contributed by atoms with Crippen LogP contribution in [0.5, 0.6) is 0 Å². The van der Waals surface area contributed by atoms with Crippen LogP contribution in [0.4, 0.5) is 0 Å². The van der Waals surface area contributed by atoms with Gasteiger partial charge in [-0.1, -0.05) is 0 Å². The van der Waals surface area contributed by atoms with Crippen LogP contribution in [0.15, 0.2) is 0 Å². The predicted octanol–water partition coefficient (Wildman–Crippen LogP) is -9.94. The molecule has 2 N–H and O–H groups in total. The molecule has 0 aliphatic heterocycles. The molecule has 0 atom stereocenters. The van der Waals surface area contributed by atoms with Crippen molar-refractivity contribution in [3.63, 3.8) is 0 Å². The molecule has 0 heterocycles. The van der Waals surface area contributed by atoms with E-state index in [9.17, 15) is 19.8 Å². The summed E-state index contributed by atoms with van der Waals surface area (Å²) >= 11 is 0. The van der Waals surface area contributed by atoms with Gasteiger partial charge in [0.1, 0.15) is 0 Å². The largest absolute Gasteiger partial charge is 1.00 e. The molecule has 0 saturated carbocycles. The average molecular weight is 166 g/mol. The molecule has 0 aromatic carbocycles. The Bertz CT molecular complexity index is 93.1. The zero-order valence-electron chi connectivity index (χ0n) is 5.84. The molecule has 0 unspecified atom stereocenters. The van der Waals surface area contributed by atoms with Gasteiger partial charge in [-0.05, 0) is 0 Å². The third-order valence-corrected chi connectivity index (χ3v) is 0.289. The van der Waals surface area contributed by atoms with Gasteiger partial charge in [0.05, 0.1) is 0 Å². The summed E-state index contributed by atoms with van der Waals surface area (Å²) in [6.45, 7) is 0. The van der Waals surface area contributed by atoms with E-state index in [0.29, 0.717) is 0 Å². The molecular formula is C3H4KLiO5. The summed E-state index contributed by atoms with van der Waals surface area (Å²) in [5, 5.41) is 18.6. The van der Waals surface area contributed by atoms with Crippen molar-refractivity contribution in [1.29, 1.82) is 0 Å². The maximum Gasteiger partial charge on any atom is 1.00 e. The SMILES string of the molecule is O.O=C([O-])CC(=O)[O-].[K+].[Li+]. The molecule has 0 aromatic heterocycles. The zero-order chi connectivity index (χ0) is 5.86. The second-order valence-corrected chi connectivity index (χ2v) is 0.921. The minimum absolute atomic E-state index is 0. The molecule has 0 spiro atoms. The molecule has 0 aliphatic carbocycles. The summed E-state index contributed by atoms with van der Waals surface area (Å²) in [7, 11) is 0. The molecule has 0 amide bonds. The first-order valence-electron chi connectivity index (χ1n) is 1.52. The van der Waals surface area contributed by atoms with E-state index in [2.05, 4.69) is 0 Å². The van der Waals surface area contributed by atoms with Gasteiger partial charge >= 0.3 is 70.2 Å². The van der Waals surface area contributed by atoms with Crippen LogP contribution in [0.25, 0.3) is 0 Å². The number of aliphatic carboxylic acids is 2. The van der Waals surface area contributed by atoms with Gasteiger partial charge < -0.3 is 25.3 Å². The van der Waals surface area contributed by atoms with E-state index in [1.54, 1.807) is 0 Å². The van der Waals surface area contributed by atoms with Gasteiger partial charge in [-0.25, -0.2) is 0 Å². The van der Waals surface area contributed by atoms with Crippen LogP contribution in [0.1, 0.15) is 6.42 Å². The maximum atomic E-state index is 9.28. The number of hydrogen-bond acceptors (Lipinski definition) is 4. The fourth-order valence-corrected chi connectivity index (χ4v) is 0.118. The van der Waals surface area contributed by atoms with Crippen LogP contribution >= 0.6 is 0 Å². The molecular weight excluding hydrogens is 162 g/mol. The van der Waals surface area contributed by atoms with Crippen LogP contribution in [-0.2, 0) is 9.59 Å². The molecule has 0 aliphatic rings. The van der Waals surface area contributed by atoms with Gasteiger partial charge in [0, 0.05) is 18.4 Å². The van der Waals surface area contributed by atoms with Gasteiger partial charge in [0.2, 0.25) is 0 Å². The number of carboxylic acids is 2. The fourth-order valence-electron chi connectivity index (χ4n) is 0.118. The van der Waals surface area contributed by atoms with Crippen molar-refractivity contribution >= 4 is 11.9 Å². The quantitative estimate of drug-likeness (QED) is 0.299. The average Bonchev–Trinajstić information content (AvgIpc) is 1.27. The van der Waals surface area contributed by atoms with E-state index >= 15 is 0 Å². The van der Waals surface area contributed by atoms with Crippen molar-refractivity contribution in [2.75, 3.05) is 0 Å². The summed E-state index contributed by atoms with van der Waals surface area (Å²) < 4.78 is 0. The smallest absolute Gasteiger partial charge is 0.550 e. The van der Waals surface area contributed by atoms with Crippen LogP contribution in [0.2, 0.25) is 0 Å². The van der Waals surface area contributed by atoms with E-state index in [-0.39, 0.29) is 75.7 Å². The van der Waals surface area contributed by atoms with Gasteiger partial charge in [-0.2, -0.15) is 0 Å². The monoisotopic (exact) mass is 166 g/mol. The van der Waals surface area contributed by atoms with Gasteiger partial charge in [0.25, 0.3) is 0 Å². The Kier molecular flexibility index (Phi) is 28.7. The number of carbonyl (C=O) groups is 2. The Morgan fingerprint density at radius 3 is 1.30 bits per heavy atom. The first kappa shape index (κ1) is 22.5. The predicted molar refractivity (Wildman–Crippen MR) is 18.2 cm³/mol. The Balaban J connectivity index is -0.0000000600. The second-order valence-electron chi connectivity index (χ2n) is 0.921. The first-order chi connectivity index (χ1) is 3.13. The van der Waals surface area contributed by atoms with Crippen LogP contribution in [0.3, 0.4) is 0 Å². The van der Waals surface area contributed by atoms with Gasteiger partial charge in [-0.3, -0.25) is 0 Å². The minimum atomic E-state index is -1.63. The van der Waals surface area contributed by atoms with Crippen molar-refractivity contribution < 1.29 is 95.5 Å². The van der Waals surface area contributed by atoms with Crippen LogP contribution in [-0.4, -0.2) is 17.4 Å². The van der Waals surface area contributed by atoms with E-state index in [1.807, 2.05) is 0 Å². The first-order valence-corrected chi connectivity index (χ1v) is 1.52. The minimum Gasteiger partial charge on any atom is -0.550 e. The standard InChI is InChI=1S/C3H4O4.K.Li.H2O/c4-2(5)1-3(6)7;;;/h1H2,(H,4,5)(H,6,7);;;1H2/q;2*+1;/p-2. The van der Waals surface area contributed by atoms with E-state index in [1.165, 1.54) is 0 Å². The summed E-state index contributed by atoms with van der Waals surface area (Å²) in [6, 6.07) is 0. The Morgan fingerprint density at radius 2 is 1.30 bits per heavy atom. The summed E-state index contributed by atoms with van der Waals surface area (Å²) in [4.78, 5) is 18.6. The van der Waals surface area contributed by atoms with E-state index in [0.717, 1.165) is 0 Å². The summed E-state index contributed by atoms with van der Waals surface area (Å²) in [5.41, 5.74) is 0. The number of carbonyl (C=O) groups excluding carboxylic acids is 2. The molecule has 7 heteroatoms. The molecule has 5 nitrogen and oxygen atoms in total. The Morgan fingerprint density at radius 1 is 1.10 bits per heavy atom. The fraction of sp³-hybridized carbons (Fsp3) is 0.333. The topological polar surface area (TPSA) is 112 Å². The molecule has 48 valence electrons. The van der Waals surface area contributed by atoms with Crippen molar-refractivity contribution in [3.8, 4) is 0 Å². The molecule has 0 fully saturated rings. The molecule has 0 bridgehead atoms. The number of hydrogen-bond donors (Lipinski definition) is 0. The number of carboxylic acid groups (broad SMARTS) is 2. The Labute approximate surface area is 112 Å². The third-order valence-electron chi connectivity index (χ3n) is 0.289. The molecule has 0 rings (SSSR count). The van der Waals surface area contributed by atoms with Gasteiger partial charge in [0.15, 0.2) is 0 Å².